The predicted octanol–water partition coefficient (Wildman–Crippen LogP) is 4.60. The third kappa shape index (κ3) is 8.52. The third-order valence-electron chi connectivity index (χ3n) is 6.28. The van der Waals surface area contributed by atoms with Crippen molar-refractivity contribution >= 4 is 54.2 Å². The summed E-state index contributed by atoms with van der Waals surface area (Å²) in [5.74, 6) is -0.999. The monoisotopic (exact) mass is 650 g/mol. The van der Waals surface area contributed by atoms with E-state index in [1.54, 1.807) is 6.07 Å². The quantitative estimate of drug-likeness (QED) is 0.272. The lowest BCUT2D eigenvalue weighted by atomic mass is 10.1. The fourth-order valence-corrected chi connectivity index (χ4v) is 6.32. The Hall–Kier alpha value is -2.53. The zero-order valence-corrected chi connectivity index (χ0v) is 25.3. The van der Waals surface area contributed by atoms with Crippen LogP contribution in [0.15, 0.2) is 24.3 Å². The van der Waals surface area contributed by atoms with Crippen molar-refractivity contribution in [2.45, 2.75) is 45.4 Å². The van der Waals surface area contributed by atoms with E-state index in [0.717, 1.165) is 29.7 Å². The van der Waals surface area contributed by atoms with Gasteiger partial charge in [-0.15, -0.1) is 0 Å². The Balaban J connectivity index is 1.55. The molecule has 2 atom stereocenters. The molecule has 1 aliphatic rings. The van der Waals surface area contributed by atoms with Gasteiger partial charge in [-0.3, -0.25) is 15.0 Å². The van der Waals surface area contributed by atoms with E-state index in [2.05, 4.69) is 19.9 Å². The highest BCUT2D eigenvalue weighted by molar-refractivity contribution is 7.88. The van der Waals surface area contributed by atoms with Crippen LogP contribution >= 0.6 is 22.9 Å². The molecule has 1 fully saturated rings. The number of thiazole rings is 1. The second-order valence-electron chi connectivity index (χ2n) is 10.1. The molecule has 2 heterocycles. The molecule has 4 rings (SSSR count). The van der Waals surface area contributed by atoms with Gasteiger partial charge in [-0.25, -0.2) is 18.1 Å². The van der Waals surface area contributed by atoms with E-state index in [9.17, 15) is 31.5 Å². The van der Waals surface area contributed by atoms with Crippen molar-refractivity contribution in [3.05, 3.63) is 51.5 Å². The summed E-state index contributed by atoms with van der Waals surface area (Å²) in [6.07, 6.45) is -3.68. The van der Waals surface area contributed by atoms with Crippen molar-refractivity contribution in [1.82, 2.24) is 14.6 Å². The van der Waals surface area contributed by atoms with Crippen LogP contribution in [0.25, 0.3) is 10.2 Å². The highest BCUT2D eigenvalue weighted by Crippen LogP contribution is 2.37. The number of amides is 1. The molecule has 230 valence electrons. The number of aromatic hydroxyl groups is 1. The van der Waals surface area contributed by atoms with E-state index in [-0.39, 0.29) is 69.2 Å². The fraction of sp³-hybridized carbons (Fsp3) is 0.462. The Morgan fingerprint density at radius 3 is 2.55 bits per heavy atom. The average molecular weight is 651 g/mol. The Morgan fingerprint density at radius 1 is 1.21 bits per heavy atom. The molecule has 0 aliphatic carbocycles. The van der Waals surface area contributed by atoms with E-state index in [1.807, 2.05) is 13.8 Å². The number of anilines is 1. The molecule has 0 radical (unpaired) electrons. The molecule has 16 heteroatoms. The molecule has 0 bridgehead atoms. The van der Waals surface area contributed by atoms with Crippen LogP contribution in [-0.4, -0.2) is 74.0 Å². The Morgan fingerprint density at radius 2 is 1.90 bits per heavy atom. The number of nitrogens with zero attached hydrogens (tertiary/aromatic N) is 2. The van der Waals surface area contributed by atoms with Crippen LogP contribution in [0.3, 0.4) is 0 Å². The number of sulfonamides is 1. The molecule has 0 unspecified atom stereocenters. The van der Waals surface area contributed by atoms with Crippen molar-refractivity contribution in [3.8, 4) is 5.75 Å². The maximum Gasteiger partial charge on any atom is 0.416 e. The van der Waals surface area contributed by atoms with E-state index in [0.29, 0.717) is 25.2 Å². The SMILES string of the molecule is C[C@@H]1CN(Cc2cc(Cl)cc(C(=O)Nc3nc4c(COCCNS(C)(=O)=O)cc(C(F)(F)F)cc4s3)c2O)C[C@H](C)O1. The second kappa shape index (κ2) is 13.0. The van der Waals surface area contributed by atoms with Gasteiger partial charge in [0.1, 0.15) is 5.75 Å². The fourth-order valence-electron chi connectivity index (χ4n) is 4.68. The number of alkyl halides is 3. The van der Waals surface area contributed by atoms with Crippen molar-refractivity contribution in [3.63, 3.8) is 0 Å². The number of phenolic OH excluding ortho intramolecular Hbond substituents is 1. The highest BCUT2D eigenvalue weighted by atomic mass is 35.5. The van der Waals surface area contributed by atoms with E-state index in [1.165, 1.54) is 6.07 Å². The molecule has 0 spiro atoms. The molecule has 1 saturated heterocycles. The zero-order valence-electron chi connectivity index (χ0n) is 22.9. The van der Waals surface area contributed by atoms with Crippen molar-refractivity contribution in [1.29, 1.82) is 0 Å². The van der Waals surface area contributed by atoms with E-state index < -0.39 is 27.7 Å². The topological polar surface area (TPSA) is 130 Å². The van der Waals surface area contributed by atoms with Gasteiger partial charge >= 0.3 is 6.18 Å². The molecular formula is C26H30ClF3N4O6S2. The number of ether oxygens (including phenoxy) is 2. The number of halogens is 4. The van der Waals surface area contributed by atoms with Crippen LogP contribution in [0.5, 0.6) is 5.75 Å². The van der Waals surface area contributed by atoms with E-state index >= 15 is 0 Å². The van der Waals surface area contributed by atoms with Crippen LogP contribution in [0.2, 0.25) is 5.02 Å². The van der Waals surface area contributed by atoms with E-state index in [4.69, 9.17) is 21.1 Å². The first kappa shape index (κ1) is 32.4. The lowest BCUT2D eigenvalue weighted by molar-refractivity contribution is -0.137. The third-order valence-corrected chi connectivity index (χ3v) is 8.14. The normalized spacial score (nSPS) is 18.5. The largest absolute Gasteiger partial charge is 0.507 e. The number of benzene rings is 2. The first-order chi connectivity index (χ1) is 19.6. The van der Waals surface area contributed by atoms with Crippen molar-refractivity contribution in [2.75, 3.05) is 37.8 Å². The molecule has 0 saturated carbocycles. The summed E-state index contributed by atoms with van der Waals surface area (Å²) < 4.78 is 76.7. The second-order valence-corrected chi connectivity index (χ2v) is 13.4. The number of morpholine rings is 1. The Kier molecular flexibility index (Phi) is 10.0. The van der Waals surface area contributed by atoms with Gasteiger partial charge in [0.15, 0.2) is 5.13 Å². The number of aromatic nitrogens is 1. The summed E-state index contributed by atoms with van der Waals surface area (Å²) in [5, 5.41) is 13.7. The molecular weight excluding hydrogens is 621 g/mol. The summed E-state index contributed by atoms with van der Waals surface area (Å²) in [6.45, 7) is 5.06. The van der Waals surface area contributed by atoms with Gasteiger partial charge in [-0.1, -0.05) is 22.9 Å². The summed E-state index contributed by atoms with van der Waals surface area (Å²) >= 11 is 7.11. The number of hydrogen-bond acceptors (Lipinski definition) is 9. The predicted molar refractivity (Wildman–Crippen MR) is 153 cm³/mol. The van der Waals surface area contributed by atoms with Crippen LogP contribution in [-0.2, 0) is 38.8 Å². The molecule has 3 aromatic rings. The first-order valence-corrected chi connectivity index (χ1v) is 15.9. The molecule has 3 N–H and O–H groups in total. The molecule has 42 heavy (non-hydrogen) atoms. The Bertz CT molecular complexity index is 1560. The van der Waals surface area contributed by atoms with Crippen LogP contribution in [0.4, 0.5) is 18.3 Å². The molecule has 2 aromatic carbocycles. The number of nitrogens with one attached hydrogen (secondary N) is 2. The average Bonchev–Trinajstić information content (AvgIpc) is 3.26. The number of carbonyl (C=O) groups excluding carboxylic acids is 1. The smallest absolute Gasteiger partial charge is 0.416 e. The molecule has 1 amide bonds. The van der Waals surface area contributed by atoms with Crippen LogP contribution in [0.1, 0.15) is 40.9 Å². The van der Waals surface area contributed by atoms with Gasteiger partial charge in [0.25, 0.3) is 5.91 Å². The lowest BCUT2D eigenvalue weighted by Gasteiger charge is -2.35. The van der Waals surface area contributed by atoms with Gasteiger partial charge in [0.05, 0.1) is 53.0 Å². The molecule has 1 aliphatic heterocycles. The first-order valence-electron chi connectivity index (χ1n) is 12.8. The number of carbonyl (C=O) groups is 1. The highest BCUT2D eigenvalue weighted by Gasteiger charge is 2.32. The summed E-state index contributed by atoms with van der Waals surface area (Å²) in [4.78, 5) is 19.6. The van der Waals surface area contributed by atoms with Gasteiger partial charge in [-0.05, 0) is 38.1 Å². The maximum atomic E-state index is 13.6. The minimum Gasteiger partial charge on any atom is -0.507 e. The van der Waals surface area contributed by atoms with Gasteiger partial charge in [0.2, 0.25) is 10.0 Å². The van der Waals surface area contributed by atoms with Gasteiger partial charge < -0.3 is 14.6 Å². The molecule has 10 nitrogen and oxygen atoms in total. The minimum absolute atomic E-state index is 0.00538. The maximum absolute atomic E-state index is 13.6. The summed E-state index contributed by atoms with van der Waals surface area (Å²) in [7, 11) is -3.44. The number of phenols is 1. The summed E-state index contributed by atoms with van der Waals surface area (Å²) in [5.41, 5.74) is -0.293. The van der Waals surface area contributed by atoms with Gasteiger partial charge in [-0.2, -0.15) is 13.2 Å². The standard InChI is InChI=1S/C26H30ClF3N4O6S2/c1-14-10-34(11-15(2)40-14)12-16-7-19(27)9-20(23(16)35)24(36)33-25-32-22-17(13-39-5-4-31-42(3,37)38)6-18(26(28,29)30)8-21(22)41-25/h6-9,14-15,31,35H,4-5,10-13H2,1-3H3,(H,32,33,36)/t14-,15+. The van der Waals surface area contributed by atoms with Crippen molar-refractivity contribution in [2.24, 2.45) is 0 Å². The van der Waals surface area contributed by atoms with Crippen molar-refractivity contribution < 1.29 is 41.0 Å². The zero-order chi connectivity index (χ0) is 30.8. The lowest BCUT2D eigenvalue weighted by Crippen LogP contribution is -2.44. The number of fused-ring (bicyclic) bond motifs is 1. The van der Waals surface area contributed by atoms with Crippen LogP contribution < -0.4 is 10.0 Å². The Labute approximate surface area is 249 Å². The molecule has 1 aromatic heterocycles. The number of rotatable bonds is 10. The number of hydrogen-bond donors (Lipinski definition) is 3. The summed E-state index contributed by atoms with van der Waals surface area (Å²) in [6, 6.07) is 4.71. The minimum atomic E-state index is -4.65. The van der Waals surface area contributed by atoms with Crippen LogP contribution in [0, 0.1) is 0 Å². The van der Waals surface area contributed by atoms with Gasteiger partial charge in [0, 0.05) is 42.3 Å².